The average Bonchev–Trinajstić information content (AvgIpc) is 2.87. The maximum absolute atomic E-state index is 10.5. The first-order valence-corrected chi connectivity index (χ1v) is 5.72. The summed E-state index contributed by atoms with van der Waals surface area (Å²) < 4.78 is 5.63. The van der Waals surface area contributed by atoms with Gasteiger partial charge in [0.25, 0.3) is 5.69 Å². The summed E-state index contributed by atoms with van der Waals surface area (Å²) in [4.78, 5) is 10.1. The Bertz CT molecular complexity index is 546. The maximum Gasteiger partial charge on any atom is 0.269 e. The van der Waals surface area contributed by atoms with E-state index in [9.17, 15) is 10.1 Å². The van der Waals surface area contributed by atoms with Crippen LogP contribution >= 0.6 is 0 Å². The van der Waals surface area contributed by atoms with Crippen molar-refractivity contribution in [1.29, 1.82) is 0 Å². The van der Waals surface area contributed by atoms with Crippen LogP contribution in [-0.4, -0.2) is 4.92 Å². The van der Waals surface area contributed by atoms with Crippen LogP contribution in [0.4, 0.5) is 5.69 Å². The molecule has 0 aliphatic carbocycles. The fourth-order valence-corrected chi connectivity index (χ4v) is 1.66. The van der Waals surface area contributed by atoms with E-state index >= 15 is 0 Å². The quantitative estimate of drug-likeness (QED) is 0.663. The minimum atomic E-state index is -0.426. The zero-order chi connectivity index (χ0) is 13.1. The highest BCUT2D eigenvalue weighted by molar-refractivity contribution is 5.59. The monoisotopic (exact) mass is 246 g/mol. The highest BCUT2D eigenvalue weighted by Crippen LogP contribution is 2.27. The molecule has 1 aromatic heterocycles. The molecule has 18 heavy (non-hydrogen) atoms. The van der Waals surface area contributed by atoms with E-state index in [1.54, 1.807) is 12.1 Å². The van der Waals surface area contributed by atoms with Crippen molar-refractivity contribution in [2.24, 2.45) is 5.73 Å². The van der Waals surface area contributed by atoms with Crippen molar-refractivity contribution in [1.82, 2.24) is 0 Å². The van der Waals surface area contributed by atoms with E-state index in [0.717, 1.165) is 17.7 Å². The highest BCUT2D eigenvalue weighted by Gasteiger charge is 2.11. The Morgan fingerprint density at radius 2 is 1.94 bits per heavy atom. The molecule has 0 amide bonds. The van der Waals surface area contributed by atoms with E-state index < -0.39 is 4.92 Å². The van der Waals surface area contributed by atoms with Gasteiger partial charge in [0.2, 0.25) is 0 Å². The number of nitro benzene ring substituents is 1. The first-order valence-electron chi connectivity index (χ1n) is 5.72. The molecule has 1 aromatic carbocycles. The lowest BCUT2D eigenvalue weighted by Gasteiger charge is -2.03. The number of nitrogens with two attached hydrogens (primary N) is 1. The molecular weight excluding hydrogens is 232 g/mol. The summed E-state index contributed by atoms with van der Waals surface area (Å²) in [6, 6.07) is 9.79. The van der Waals surface area contributed by atoms with Crippen molar-refractivity contribution in [2.75, 3.05) is 0 Å². The number of nitro groups is 1. The third-order valence-corrected chi connectivity index (χ3v) is 2.79. The number of hydrogen-bond acceptors (Lipinski definition) is 4. The van der Waals surface area contributed by atoms with Crippen LogP contribution in [0, 0.1) is 10.1 Å². The molecule has 0 saturated carbocycles. The Morgan fingerprint density at radius 3 is 2.50 bits per heavy atom. The predicted molar refractivity (Wildman–Crippen MR) is 68.0 cm³/mol. The van der Waals surface area contributed by atoms with Gasteiger partial charge in [-0.1, -0.05) is 6.92 Å². The predicted octanol–water partition coefficient (Wildman–Crippen LogP) is 3.26. The normalized spacial score (nSPS) is 12.3. The van der Waals surface area contributed by atoms with Crippen molar-refractivity contribution in [3.8, 4) is 11.3 Å². The van der Waals surface area contributed by atoms with Crippen LogP contribution in [-0.2, 0) is 0 Å². The molecule has 2 rings (SSSR count). The van der Waals surface area contributed by atoms with Gasteiger partial charge >= 0.3 is 0 Å². The molecule has 0 aliphatic rings. The summed E-state index contributed by atoms with van der Waals surface area (Å²) in [6.45, 7) is 1.98. The number of non-ortho nitro benzene ring substituents is 1. The van der Waals surface area contributed by atoms with Gasteiger partial charge in [-0.15, -0.1) is 0 Å². The molecule has 2 N–H and O–H groups in total. The number of benzene rings is 1. The van der Waals surface area contributed by atoms with Crippen molar-refractivity contribution >= 4 is 5.69 Å². The first kappa shape index (κ1) is 12.3. The molecule has 1 atom stereocenters. The smallest absolute Gasteiger partial charge is 0.269 e. The fourth-order valence-electron chi connectivity index (χ4n) is 1.66. The molecule has 0 bridgehead atoms. The Hall–Kier alpha value is -2.14. The third-order valence-electron chi connectivity index (χ3n) is 2.79. The van der Waals surface area contributed by atoms with Gasteiger partial charge in [0.05, 0.1) is 11.0 Å². The van der Waals surface area contributed by atoms with Crippen LogP contribution in [0.25, 0.3) is 11.3 Å². The number of furan rings is 1. The second-order valence-electron chi connectivity index (χ2n) is 4.02. The first-order chi connectivity index (χ1) is 8.61. The molecule has 0 saturated heterocycles. The SMILES string of the molecule is CCC(N)c1ccc(-c2ccc([N+](=O)[O-])cc2)o1. The van der Waals surface area contributed by atoms with Gasteiger partial charge in [0.1, 0.15) is 11.5 Å². The minimum absolute atomic E-state index is 0.0655. The lowest BCUT2D eigenvalue weighted by molar-refractivity contribution is -0.384. The summed E-state index contributed by atoms with van der Waals surface area (Å²) in [5.74, 6) is 1.40. The lowest BCUT2D eigenvalue weighted by atomic mass is 10.1. The van der Waals surface area contributed by atoms with Crippen molar-refractivity contribution in [2.45, 2.75) is 19.4 Å². The van der Waals surface area contributed by atoms with Crippen molar-refractivity contribution < 1.29 is 9.34 Å². The number of hydrogen-bond donors (Lipinski definition) is 1. The standard InChI is InChI=1S/C13H14N2O3/c1-2-11(14)13-8-7-12(18-13)9-3-5-10(6-4-9)15(16)17/h3-8,11H,2,14H2,1H3. The van der Waals surface area contributed by atoms with Gasteiger partial charge in [-0.05, 0) is 30.7 Å². The zero-order valence-corrected chi connectivity index (χ0v) is 10.00. The molecule has 0 fully saturated rings. The largest absolute Gasteiger partial charge is 0.459 e. The Balaban J connectivity index is 2.26. The average molecular weight is 246 g/mol. The summed E-state index contributed by atoms with van der Waals surface area (Å²) >= 11 is 0. The molecule has 1 heterocycles. The highest BCUT2D eigenvalue weighted by atomic mass is 16.6. The van der Waals surface area contributed by atoms with Crippen LogP contribution < -0.4 is 5.73 Å². The van der Waals surface area contributed by atoms with Gasteiger partial charge in [0.15, 0.2) is 0 Å². The van der Waals surface area contributed by atoms with E-state index in [-0.39, 0.29) is 11.7 Å². The van der Waals surface area contributed by atoms with Gasteiger partial charge in [-0.25, -0.2) is 0 Å². The third kappa shape index (κ3) is 2.41. The second kappa shape index (κ2) is 5.01. The molecular formula is C13H14N2O3. The Morgan fingerprint density at radius 1 is 1.28 bits per heavy atom. The summed E-state index contributed by atoms with van der Waals surface area (Å²) in [7, 11) is 0. The van der Waals surface area contributed by atoms with E-state index in [0.29, 0.717) is 5.76 Å². The Labute approximate surface area is 104 Å². The zero-order valence-electron chi connectivity index (χ0n) is 10.00. The molecule has 1 unspecified atom stereocenters. The number of nitrogens with zero attached hydrogens (tertiary/aromatic N) is 1. The topological polar surface area (TPSA) is 82.3 Å². The van der Waals surface area contributed by atoms with Crippen LogP contribution in [0.5, 0.6) is 0 Å². The van der Waals surface area contributed by atoms with E-state index in [1.165, 1.54) is 12.1 Å². The van der Waals surface area contributed by atoms with E-state index in [1.807, 2.05) is 19.1 Å². The molecule has 0 spiro atoms. The minimum Gasteiger partial charge on any atom is -0.459 e. The van der Waals surface area contributed by atoms with E-state index in [2.05, 4.69) is 0 Å². The number of rotatable bonds is 4. The van der Waals surface area contributed by atoms with Crippen LogP contribution in [0.15, 0.2) is 40.8 Å². The summed E-state index contributed by atoms with van der Waals surface area (Å²) in [5.41, 5.74) is 6.73. The van der Waals surface area contributed by atoms with Gasteiger partial charge in [-0.3, -0.25) is 10.1 Å². The summed E-state index contributed by atoms with van der Waals surface area (Å²) in [5, 5.41) is 10.5. The van der Waals surface area contributed by atoms with Crippen LogP contribution in [0.2, 0.25) is 0 Å². The molecule has 5 heteroatoms. The molecule has 5 nitrogen and oxygen atoms in total. The molecule has 94 valence electrons. The maximum atomic E-state index is 10.5. The molecule has 0 aliphatic heterocycles. The summed E-state index contributed by atoms with van der Waals surface area (Å²) in [6.07, 6.45) is 0.799. The van der Waals surface area contributed by atoms with Crippen molar-refractivity contribution in [3.05, 3.63) is 52.3 Å². The van der Waals surface area contributed by atoms with Crippen LogP contribution in [0.1, 0.15) is 25.1 Å². The molecule has 2 aromatic rings. The van der Waals surface area contributed by atoms with Gasteiger partial charge < -0.3 is 10.2 Å². The van der Waals surface area contributed by atoms with Crippen molar-refractivity contribution in [3.63, 3.8) is 0 Å². The lowest BCUT2D eigenvalue weighted by Crippen LogP contribution is -2.06. The van der Waals surface area contributed by atoms with Gasteiger partial charge in [-0.2, -0.15) is 0 Å². The Kier molecular flexibility index (Phi) is 3.43. The second-order valence-corrected chi connectivity index (χ2v) is 4.02. The van der Waals surface area contributed by atoms with Crippen LogP contribution in [0.3, 0.4) is 0 Å². The van der Waals surface area contributed by atoms with Gasteiger partial charge in [0, 0.05) is 17.7 Å². The fraction of sp³-hybridized carbons (Fsp3) is 0.231. The van der Waals surface area contributed by atoms with E-state index in [4.69, 9.17) is 10.2 Å². The molecule has 0 radical (unpaired) electrons.